The van der Waals surface area contributed by atoms with Gasteiger partial charge in [0, 0.05) is 6.42 Å². The van der Waals surface area contributed by atoms with Gasteiger partial charge in [0.05, 0.1) is 66.1 Å². The van der Waals surface area contributed by atoms with Crippen LogP contribution < -0.4 is 0 Å². The summed E-state index contributed by atoms with van der Waals surface area (Å²) in [7, 11) is 0. The molecule has 0 saturated carbocycles. The first-order chi connectivity index (χ1) is 24.8. The van der Waals surface area contributed by atoms with E-state index in [1.807, 2.05) is 0 Å². The zero-order valence-electron chi connectivity index (χ0n) is 31.7. The summed E-state index contributed by atoms with van der Waals surface area (Å²) >= 11 is 0. The molecule has 0 aromatic rings. The number of rotatable bonds is 28. The summed E-state index contributed by atoms with van der Waals surface area (Å²) in [6.45, 7) is -1.37. The Bertz CT molecular complexity index is 516. The Morgan fingerprint density at radius 1 is 0.327 bits per heavy atom. The molecule has 0 atom stereocenters. The minimum absolute atomic E-state index is 0.346. The van der Waals surface area contributed by atoms with Gasteiger partial charge in [0.25, 0.3) is 0 Å². The second-order valence-electron chi connectivity index (χ2n) is 11.9. The average Bonchev–Trinajstić information content (AvgIpc) is 3.18. The standard InChI is InChI=1S/C20H40O2.5C3H8O3/c1-2-3-4-5-6-7-8-9-10-11-12-13-14-15-16-17-18-19-20(21)22;5*4-1-3(6)2-5/h2-19H2,1H3,(H,21,22);5*3-6H,1-2H2. The minimum Gasteiger partial charge on any atom is -0.481 e. The van der Waals surface area contributed by atoms with Gasteiger partial charge in [-0.15, -0.1) is 0 Å². The quantitative estimate of drug-likeness (QED) is 0.0414. The van der Waals surface area contributed by atoms with Crippen LogP contribution in [0.5, 0.6) is 0 Å². The van der Waals surface area contributed by atoms with Crippen molar-refractivity contribution in [2.75, 3.05) is 66.1 Å². The molecular formula is C35H80O17. The van der Waals surface area contributed by atoms with E-state index in [9.17, 15) is 4.79 Å². The first-order valence-corrected chi connectivity index (χ1v) is 18.5. The summed E-state index contributed by atoms with van der Waals surface area (Å²) in [5.74, 6) is -0.652. The summed E-state index contributed by atoms with van der Waals surface area (Å²) in [5.41, 5.74) is 0. The van der Waals surface area contributed by atoms with Gasteiger partial charge in [0.15, 0.2) is 0 Å². The number of carbonyl (C=O) groups is 1. The molecule has 0 heterocycles. The molecule has 0 aromatic heterocycles. The van der Waals surface area contributed by atoms with E-state index in [2.05, 4.69) is 6.92 Å². The topological polar surface area (TPSA) is 341 Å². The van der Waals surface area contributed by atoms with Crippen LogP contribution in [-0.4, -0.2) is 184 Å². The molecule has 17 nitrogen and oxygen atoms in total. The number of aliphatic hydroxyl groups is 15. The van der Waals surface area contributed by atoms with Crippen molar-refractivity contribution in [1.29, 1.82) is 0 Å². The molecule has 0 radical (unpaired) electrons. The van der Waals surface area contributed by atoms with E-state index in [-0.39, 0.29) is 66.1 Å². The Labute approximate surface area is 311 Å². The number of aliphatic hydroxyl groups excluding tert-OH is 15. The predicted molar refractivity (Wildman–Crippen MR) is 197 cm³/mol. The van der Waals surface area contributed by atoms with Crippen LogP contribution in [-0.2, 0) is 4.79 Å². The maximum absolute atomic E-state index is 10.4. The van der Waals surface area contributed by atoms with Crippen LogP contribution in [0.1, 0.15) is 122 Å². The number of hydrogen-bond acceptors (Lipinski definition) is 16. The van der Waals surface area contributed by atoms with E-state index in [1.54, 1.807) is 0 Å². The maximum Gasteiger partial charge on any atom is 0.303 e. The number of hydrogen-bond donors (Lipinski definition) is 16. The van der Waals surface area contributed by atoms with Crippen molar-refractivity contribution in [2.45, 2.75) is 153 Å². The van der Waals surface area contributed by atoms with E-state index in [4.69, 9.17) is 81.7 Å². The monoisotopic (exact) mass is 773 g/mol. The molecule has 0 bridgehead atoms. The van der Waals surface area contributed by atoms with Gasteiger partial charge in [-0.05, 0) is 6.42 Å². The fraction of sp³-hybridized carbons (Fsp3) is 0.971. The van der Waals surface area contributed by atoms with E-state index in [1.165, 1.54) is 96.3 Å². The Morgan fingerprint density at radius 2 is 0.481 bits per heavy atom. The average molecular weight is 773 g/mol. The van der Waals surface area contributed by atoms with Gasteiger partial charge < -0.3 is 81.7 Å². The van der Waals surface area contributed by atoms with Crippen LogP contribution in [0.2, 0.25) is 0 Å². The lowest BCUT2D eigenvalue weighted by molar-refractivity contribution is -0.137. The third-order valence-electron chi connectivity index (χ3n) is 6.60. The normalized spacial score (nSPS) is 10.4. The van der Waals surface area contributed by atoms with E-state index in [0.717, 1.165) is 12.8 Å². The summed E-state index contributed by atoms with van der Waals surface area (Å²) in [4.78, 5) is 10.4. The Hall–Kier alpha value is -1.13. The van der Waals surface area contributed by atoms with Gasteiger partial charge in [-0.1, -0.05) is 110 Å². The van der Waals surface area contributed by atoms with Crippen molar-refractivity contribution in [1.82, 2.24) is 0 Å². The van der Waals surface area contributed by atoms with Gasteiger partial charge in [-0.3, -0.25) is 4.79 Å². The van der Waals surface area contributed by atoms with Crippen molar-refractivity contribution in [3.05, 3.63) is 0 Å². The second kappa shape index (κ2) is 59.2. The molecule has 0 saturated heterocycles. The van der Waals surface area contributed by atoms with E-state index in [0.29, 0.717) is 6.42 Å². The molecule has 0 aliphatic rings. The van der Waals surface area contributed by atoms with Gasteiger partial charge in [-0.2, -0.15) is 0 Å². The molecule has 0 amide bonds. The first-order valence-electron chi connectivity index (χ1n) is 18.5. The van der Waals surface area contributed by atoms with Gasteiger partial charge in [-0.25, -0.2) is 0 Å². The molecule has 0 unspecified atom stereocenters. The van der Waals surface area contributed by atoms with Crippen LogP contribution in [0.25, 0.3) is 0 Å². The first kappa shape index (κ1) is 62.8. The third kappa shape index (κ3) is 78.1. The highest BCUT2D eigenvalue weighted by Crippen LogP contribution is 2.14. The highest BCUT2D eigenvalue weighted by molar-refractivity contribution is 5.66. The van der Waals surface area contributed by atoms with Crippen molar-refractivity contribution < 1.29 is 86.5 Å². The predicted octanol–water partition coefficient (Wildman–Crippen LogP) is -1.23. The van der Waals surface area contributed by atoms with Crippen molar-refractivity contribution in [3.8, 4) is 0 Å². The minimum atomic E-state index is -0.954. The lowest BCUT2D eigenvalue weighted by atomic mass is 10.0. The Morgan fingerprint density at radius 3 is 0.596 bits per heavy atom. The molecule has 0 aliphatic carbocycles. The molecule has 322 valence electrons. The van der Waals surface area contributed by atoms with Gasteiger partial charge in [0.1, 0.15) is 30.5 Å². The molecule has 0 spiro atoms. The smallest absolute Gasteiger partial charge is 0.303 e. The molecule has 0 fully saturated rings. The van der Waals surface area contributed by atoms with Crippen LogP contribution in [0.4, 0.5) is 0 Å². The lowest BCUT2D eigenvalue weighted by Crippen LogP contribution is -2.15. The summed E-state index contributed by atoms with van der Waals surface area (Å²) in [6, 6.07) is 0. The van der Waals surface area contributed by atoms with Gasteiger partial charge in [0.2, 0.25) is 0 Å². The van der Waals surface area contributed by atoms with Crippen LogP contribution in [0, 0.1) is 0 Å². The number of carboxylic acid groups (broad SMARTS) is 1. The fourth-order valence-electron chi connectivity index (χ4n) is 3.29. The van der Waals surface area contributed by atoms with Crippen molar-refractivity contribution in [2.24, 2.45) is 0 Å². The van der Waals surface area contributed by atoms with E-state index < -0.39 is 36.5 Å². The largest absolute Gasteiger partial charge is 0.481 e. The SMILES string of the molecule is CCCCCCCCCCCCCCCCCCCC(=O)O.OCC(O)CO.OCC(O)CO.OCC(O)CO.OCC(O)CO.OCC(O)CO. The Balaban J connectivity index is -0.000000143. The highest BCUT2D eigenvalue weighted by atomic mass is 16.4. The zero-order chi connectivity index (χ0) is 41.3. The number of carboxylic acids is 1. The van der Waals surface area contributed by atoms with Crippen molar-refractivity contribution in [3.63, 3.8) is 0 Å². The summed E-state index contributed by atoms with van der Waals surface area (Å²) < 4.78 is 0. The van der Waals surface area contributed by atoms with Crippen molar-refractivity contribution >= 4 is 5.97 Å². The molecule has 16 N–H and O–H groups in total. The van der Waals surface area contributed by atoms with E-state index >= 15 is 0 Å². The zero-order valence-corrected chi connectivity index (χ0v) is 31.7. The molecular weight excluding hydrogens is 692 g/mol. The number of aliphatic carboxylic acids is 1. The molecule has 17 heteroatoms. The van der Waals surface area contributed by atoms with Crippen LogP contribution in [0.3, 0.4) is 0 Å². The fourth-order valence-corrected chi connectivity index (χ4v) is 3.29. The Kier molecular flexibility index (Phi) is 71.5. The van der Waals surface area contributed by atoms with Crippen LogP contribution in [0.15, 0.2) is 0 Å². The van der Waals surface area contributed by atoms with Crippen LogP contribution >= 0.6 is 0 Å². The molecule has 52 heavy (non-hydrogen) atoms. The maximum atomic E-state index is 10.4. The molecule has 0 aromatic carbocycles. The highest BCUT2D eigenvalue weighted by Gasteiger charge is 1.98. The summed E-state index contributed by atoms with van der Waals surface area (Å²) in [6.07, 6.45) is 18.4. The van der Waals surface area contributed by atoms with Gasteiger partial charge >= 0.3 is 5.97 Å². The molecule has 0 rings (SSSR count). The second-order valence-corrected chi connectivity index (χ2v) is 11.9. The molecule has 0 aliphatic heterocycles. The summed E-state index contributed by atoms with van der Waals surface area (Å²) in [5, 5.41) is 129. The lowest BCUT2D eigenvalue weighted by Gasteiger charge is -2.03. The number of unbranched alkanes of at least 4 members (excludes halogenated alkanes) is 16. The third-order valence-corrected chi connectivity index (χ3v) is 6.60.